The lowest BCUT2D eigenvalue weighted by Crippen LogP contribution is -2.21. The second-order valence-electron chi connectivity index (χ2n) is 5.85. The van der Waals surface area contributed by atoms with Crippen LogP contribution in [0.5, 0.6) is 0 Å². The zero-order valence-corrected chi connectivity index (χ0v) is 15.8. The lowest BCUT2D eigenvalue weighted by Gasteiger charge is -2.09. The molecule has 8 heteroatoms. The van der Waals surface area contributed by atoms with Crippen LogP contribution < -0.4 is 5.32 Å². The van der Waals surface area contributed by atoms with Crippen LogP contribution in [0.15, 0.2) is 64.0 Å². The van der Waals surface area contributed by atoms with Crippen molar-refractivity contribution in [2.75, 3.05) is 11.9 Å². The van der Waals surface area contributed by atoms with Crippen molar-refractivity contribution in [3.63, 3.8) is 0 Å². The molecule has 0 saturated heterocycles. The lowest BCUT2D eigenvalue weighted by molar-refractivity contribution is -0.119. The maximum atomic E-state index is 13.1. The molecule has 0 atom stereocenters. The molecule has 0 unspecified atom stereocenters. The molecule has 28 heavy (non-hydrogen) atoms. The number of anilines is 1. The number of amides is 1. The normalized spacial score (nSPS) is 10.5. The van der Waals surface area contributed by atoms with Crippen LogP contribution in [-0.4, -0.2) is 23.6 Å². The van der Waals surface area contributed by atoms with E-state index >= 15 is 0 Å². The van der Waals surface area contributed by atoms with Crippen molar-refractivity contribution in [1.29, 1.82) is 0 Å². The predicted molar refractivity (Wildman–Crippen MR) is 103 cm³/mol. The van der Waals surface area contributed by atoms with Gasteiger partial charge in [-0.1, -0.05) is 23.4 Å². The lowest BCUT2D eigenvalue weighted by atomic mass is 10.2. The van der Waals surface area contributed by atoms with Crippen LogP contribution in [0.2, 0.25) is 0 Å². The molecular formula is C20H17FN2O4S. The zero-order chi connectivity index (χ0) is 19.9. The van der Waals surface area contributed by atoms with Crippen LogP contribution in [0.3, 0.4) is 0 Å². The number of thioether (sulfide) groups is 1. The standard InChI is InChI=1S/C20H17FN2O4S/c1-13-9-16(23-27-13)12-28-18-8-3-2-7-17(18)20(25)26-11-19(24)22-15-6-4-5-14(21)10-15/h2-10H,11-12H2,1H3,(H,22,24). The zero-order valence-electron chi connectivity index (χ0n) is 15.0. The Morgan fingerprint density at radius 1 is 1.18 bits per heavy atom. The molecular weight excluding hydrogens is 383 g/mol. The third kappa shape index (κ3) is 5.43. The number of rotatable bonds is 7. The summed E-state index contributed by atoms with van der Waals surface area (Å²) < 4.78 is 23.3. The number of halogens is 1. The number of nitrogens with zero attached hydrogens (tertiary/aromatic N) is 1. The molecule has 3 rings (SSSR count). The van der Waals surface area contributed by atoms with E-state index in [9.17, 15) is 14.0 Å². The van der Waals surface area contributed by atoms with Gasteiger partial charge in [0.05, 0.1) is 11.3 Å². The molecule has 0 bridgehead atoms. The summed E-state index contributed by atoms with van der Waals surface area (Å²) in [7, 11) is 0. The summed E-state index contributed by atoms with van der Waals surface area (Å²) in [6, 6.07) is 14.2. The molecule has 0 radical (unpaired) electrons. The van der Waals surface area contributed by atoms with Crippen LogP contribution >= 0.6 is 11.8 Å². The number of benzene rings is 2. The number of aryl methyl sites for hydroxylation is 1. The van der Waals surface area contributed by atoms with E-state index in [1.54, 1.807) is 31.2 Å². The van der Waals surface area contributed by atoms with Crippen molar-refractivity contribution in [2.45, 2.75) is 17.6 Å². The van der Waals surface area contributed by atoms with E-state index < -0.39 is 24.3 Å². The van der Waals surface area contributed by atoms with Gasteiger partial charge in [0.2, 0.25) is 0 Å². The number of ether oxygens (including phenoxy) is 1. The molecule has 0 aliphatic heterocycles. The molecule has 144 valence electrons. The molecule has 0 aliphatic rings. The van der Waals surface area contributed by atoms with Crippen LogP contribution in [0, 0.1) is 12.7 Å². The van der Waals surface area contributed by atoms with E-state index in [1.165, 1.54) is 30.0 Å². The van der Waals surface area contributed by atoms with E-state index in [0.29, 0.717) is 27.7 Å². The number of esters is 1. The fourth-order valence-electron chi connectivity index (χ4n) is 2.37. The Balaban J connectivity index is 1.57. The summed E-state index contributed by atoms with van der Waals surface area (Å²) in [6.45, 7) is 1.33. The maximum absolute atomic E-state index is 13.1. The Bertz CT molecular complexity index is 990. The molecule has 1 aromatic heterocycles. The molecule has 0 spiro atoms. The number of hydrogen-bond acceptors (Lipinski definition) is 6. The number of carbonyl (C=O) groups is 2. The second-order valence-corrected chi connectivity index (χ2v) is 6.87. The molecule has 3 aromatic rings. The predicted octanol–water partition coefficient (Wildman–Crippen LogP) is 4.21. The van der Waals surface area contributed by atoms with Gasteiger partial charge in [-0.25, -0.2) is 9.18 Å². The topological polar surface area (TPSA) is 81.4 Å². The van der Waals surface area contributed by atoms with Crippen LogP contribution in [0.1, 0.15) is 21.8 Å². The number of carbonyl (C=O) groups excluding carboxylic acids is 2. The van der Waals surface area contributed by atoms with Gasteiger partial charge in [0.25, 0.3) is 5.91 Å². The van der Waals surface area contributed by atoms with E-state index in [-0.39, 0.29) is 0 Å². The molecule has 0 fully saturated rings. The van der Waals surface area contributed by atoms with Crippen molar-refractivity contribution >= 4 is 29.3 Å². The first-order valence-electron chi connectivity index (χ1n) is 8.38. The number of aromatic nitrogens is 1. The number of nitrogens with one attached hydrogen (secondary N) is 1. The highest BCUT2D eigenvalue weighted by Gasteiger charge is 2.15. The fourth-order valence-corrected chi connectivity index (χ4v) is 3.29. The molecule has 1 amide bonds. The van der Waals surface area contributed by atoms with Gasteiger partial charge in [-0.3, -0.25) is 4.79 Å². The van der Waals surface area contributed by atoms with Crippen molar-refractivity contribution in [1.82, 2.24) is 5.16 Å². The minimum absolute atomic E-state index is 0.292. The first kappa shape index (κ1) is 19.6. The van der Waals surface area contributed by atoms with Crippen LogP contribution in [0.25, 0.3) is 0 Å². The van der Waals surface area contributed by atoms with Crippen molar-refractivity contribution in [3.8, 4) is 0 Å². The number of hydrogen-bond donors (Lipinski definition) is 1. The highest BCUT2D eigenvalue weighted by atomic mass is 32.2. The average Bonchev–Trinajstić information content (AvgIpc) is 3.10. The van der Waals surface area contributed by atoms with E-state index in [0.717, 1.165) is 5.69 Å². The largest absolute Gasteiger partial charge is 0.452 e. The first-order chi connectivity index (χ1) is 13.5. The maximum Gasteiger partial charge on any atom is 0.339 e. The second kappa shape index (κ2) is 9.18. The fraction of sp³-hybridized carbons (Fsp3) is 0.150. The summed E-state index contributed by atoms with van der Waals surface area (Å²) in [4.78, 5) is 25.0. The van der Waals surface area contributed by atoms with Crippen LogP contribution in [-0.2, 0) is 15.3 Å². The Labute approximate surface area is 165 Å². The SMILES string of the molecule is Cc1cc(CSc2ccccc2C(=O)OCC(=O)Nc2cccc(F)c2)no1. The Morgan fingerprint density at radius 2 is 2.00 bits per heavy atom. The quantitative estimate of drug-likeness (QED) is 0.473. The van der Waals surface area contributed by atoms with Gasteiger partial charge in [0.1, 0.15) is 11.6 Å². The monoisotopic (exact) mass is 400 g/mol. The third-order valence-electron chi connectivity index (χ3n) is 3.60. The van der Waals surface area contributed by atoms with Crippen LogP contribution in [0.4, 0.5) is 10.1 Å². The van der Waals surface area contributed by atoms with Crippen molar-refractivity contribution in [3.05, 3.63) is 77.4 Å². The molecule has 2 aromatic carbocycles. The minimum atomic E-state index is -0.617. The summed E-state index contributed by atoms with van der Waals surface area (Å²) in [6.07, 6.45) is 0. The molecule has 6 nitrogen and oxygen atoms in total. The summed E-state index contributed by atoms with van der Waals surface area (Å²) in [5.74, 6) is -0.395. The van der Waals surface area contributed by atoms with E-state index in [4.69, 9.17) is 9.26 Å². The third-order valence-corrected chi connectivity index (χ3v) is 4.71. The van der Waals surface area contributed by atoms with Gasteiger partial charge in [-0.15, -0.1) is 11.8 Å². The van der Waals surface area contributed by atoms with Crippen molar-refractivity contribution in [2.24, 2.45) is 0 Å². The Morgan fingerprint density at radius 3 is 2.75 bits per heavy atom. The highest BCUT2D eigenvalue weighted by Crippen LogP contribution is 2.26. The van der Waals surface area contributed by atoms with Gasteiger partial charge < -0.3 is 14.6 Å². The van der Waals surface area contributed by atoms with Crippen molar-refractivity contribution < 1.29 is 23.2 Å². The van der Waals surface area contributed by atoms with Gasteiger partial charge in [0.15, 0.2) is 6.61 Å². The Kier molecular flexibility index (Phi) is 6.44. The summed E-state index contributed by atoms with van der Waals surface area (Å²) >= 11 is 1.41. The average molecular weight is 400 g/mol. The minimum Gasteiger partial charge on any atom is -0.452 e. The van der Waals surface area contributed by atoms with Gasteiger partial charge in [0, 0.05) is 22.4 Å². The molecule has 0 saturated carbocycles. The summed E-state index contributed by atoms with van der Waals surface area (Å²) in [5, 5.41) is 6.39. The first-order valence-corrected chi connectivity index (χ1v) is 9.36. The summed E-state index contributed by atoms with van der Waals surface area (Å²) in [5.41, 5.74) is 1.41. The van der Waals surface area contributed by atoms with E-state index in [1.807, 2.05) is 12.1 Å². The van der Waals surface area contributed by atoms with E-state index in [2.05, 4.69) is 10.5 Å². The smallest absolute Gasteiger partial charge is 0.339 e. The Hall–Kier alpha value is -3.13. The molecule has 1 N–H and O–H groups in total. The highest BCUT2D eigenvalue weighted by molar-refractivity contribution is 7.98. The molecule has 1 heterocycles. The van der Waals surface area contributed by atoms with Gasteiger partial charge in [-0.2, -0.15) is 0 Å². The molecule has 0 aliphatic carbocycles. The van der Waals surface area contributed by atoms with Gasteiger partial charge in [-0.05, 0) is 37.3 Å². The van der Waals surface area contributed by atoms with Gasteiger partial charge >= 0.3 is 5.97 Å².